The number of anilines is 2. The molecule has 1 aliphatic rings. The van der Waals surface area contributed by atoms with Gasteiger partial charge in [-0.25, -0.2) is 9.59 Å². The quantitative estimate of drug-likeness (QED) is 0.448. The third-order valence-electron chi connectivity index (χ3n) is 3.67. The summed E-state index contributed by atoms with van der Waals surface area (Å²) in [6, 6.07) is 4.68. The van der Waals surface area contributed by atoms with Crippen LogP contribution in [0, 0.1) is 0 Å². The van der Waals surface area contributed by atoms with Crippen LogP contribution in [-0.4, -0.2) is 35.3 Å². The first-order valence-electron chi connectivity index (χ1n) is 8.14. The van der Waals surface area contributed by atoms with Crippen molar-refractivity contribution in [2.24, 2.45) is 11.5 Å². The van der Waals surface area contributed by atoms with Crippen LogP contribution in [-0.2, 0) is 6.54 Å². The van der Waals surface area contributed by atoms with Crippen LogP contribution in [0.25, 0.3) is 0 Å². The first-order valence-corrected chi connectivity index (χ1v) is 8.14. The molecule has 0 unspecified atom stereocenters. The zero-order chi connectivity index (χ0) is 18.5. The van der Waals surface area contributed by atoms with E-state index in [2.05, 4.69) is 15.6 Å². The fourth-order valence-corrected chi connectivity index (χ4v) is 2.47. The molecule has 2 heterocycles. The largest absolute Gasteiger partial charge is 0.489 e. The number of nitrogens with one attached hydrogen (secondary N) is 2. The smallest absolute Gasteiger partial charge is 0.349 e. The molecule has 26 heavy (non-hydrogen) atoms. The van der Waals surface area contributed by atoms with Crippen LogP contribution in [0.1, 0.15) is 6.42 Å². The number of urea groups is 1. The van der Waals surface area contributed by atoms with Crippen LogP contribution in [0.2, 0.25) is 0 Å². The van der Waals surface area contributed by atoms with E-state index >= 15 is 0 Å². The van der Waals surface area contributed by atoms with Crippen LogP contribution in [0.3, 0.4) is 0 Å². The topological polar surface area (TPSA) is 147 Å². The van der Waals surface area contributed by atoms with Gasteiger partial charge in [0, 0.05) is 6.54 Å². The highest BCUT2D eigenvalue weighted by atomic mass is 16.5. The van der Waals surface area contributed by atoms with Gasteiger partial charge in [0.2, 0.25) is 0 Å². The number of carbonyl (C=O) groups is 1. The molecule has 0 atom stereocenters. The minimum absolute atomic E-state index is 0.224. The van der Waals surface area contributed by atoms with Crippen molar-refractivity contribution < 1.29 is 14.3 Å². The third-order valence-corrected chi connectivity index (χ3v) is 3.67. The fourth-order valence-electron chi connectivity index (χ4n) is 2.47. The Morgan fingerprint density at radius 2 is 2.23 bits per heavy atom. The first-order chi connectivity index (χ1) is 12.6. The summed E-state index contributed by atoms with van der Waals surface area (Å²) in [5.41, 5.74) is 10.7. The van der Waals surface area contributed by atoms with Crippen LogP contribution in [0.5, 0.6) is 17.2 Å². The summed E-state index contributed by atoms with van der Waals surface area (Å²) >= 11 is 0. The lowest BCUT2D eigenvalue weighted by molar-refractivity contribution is 0.244. The zero-order valence-electron chi connectivity index (χ0n) is 14.0. The number of ether oxygens (including phenoxy) is 2. The van der Waals surface area contributed by atoms with Crippen LogP contribution in [0.4, 0.5) is 16.3 Å². The van der Waals surface area contributed by atoms with Crippen LogP contribution < -0.4 is 37.3 Å². The van der Waals surface area contributed by atoms with E-state index in [9.17, 15) is 9.59 Å². The summed E-state index contributed by atoms with van der Waals surface area (Å²) in [4.78, 5) is 26.8. The summed E-state index contributed by atoms with van der Waals surface area (Å²) in [5, 5.41) is 5.51. The number of nitrogens with zero attached hydrogens (tertiary/aromatic N) is 2. The molecule has 10 heteroatoms. The van der Waals surface area contributed by atoms with E-state index < -0.39 is 6.03 Å². The van der Waals surface area contributed by atoms with Gasteiger partial charge in [0.05, 0.1) is 12.7 Å². The maximum absolute atomic E-state index is 12.1. The number of rotatable bonds is 7. The van der Waals surface area contributed by atoms with Crippen molar-refractivity contribution >= 4 is 17.5 Å². The molecule has 2 amide bonds. The Hall–Kier alpha value is -3.27. The molecule has 138 valence electrons. The van der Waals surface area contributed by atoms with E-state index in [0.717, 1.165) is 0 Å². The summed E-state index contributed by atoms with van der Waals surface area (Å²) in [7, 11) is 0. The number of hydrogen-bond acceptors (Lipinski definition) is 7. The molecule has 0 spiro atoms. The zero-order valence-corrected chi connectivity index (χ0v) is 14.0. The molecular weight excluding hydrogens is 340 g/mol. The van der Waals surface area contributed by atoms with Crippen molar-refractivity contribution in [1.29, 1.82) is 0 Å². The number of para-hydroxylation sites is 1. The van der Waals surface area contributed by atoms with Gasteiger partial charge in [-0.3, -0.25) is 4.57 Å². The second-order valence-electron chi connectivity index (χ2n) is 5.57. The average Bonchev–Trinajstić information content (AvgIpc) is 2.62. The van der Waals surface area contributed by atoms with E-state index in [1.165, 1.54) is 4.57 Å². The maximum Gasteiger partial charge on any atom is 0.349 e. The monoisotopic (exact) mass is 360 g/mol. The maximum atomic E-state index is 12.1. The number of aryl methyl sites for hydroxylation is 1. The molecule has 1 aliphatic heterocycles. The van der Waals surface area contributed by atoms with E-state index in [1.807, 2.05) is 0 Å². The van der Waals surface area contributed by atoms with Crippen molar-refractivity contribution in [3.05, 3.63) is 34.9 Å². The Kier molecular flexibility index (Phi) is 5.23. The van der Waals surface area contributed by atoms with Gasteiger partial charge in [-0.05, 0) is 25.1 Å². The predicted octanol–water partition coefficient (Wildman–Crippen LogP) is 0.488. The van der Waals surface area contributed by atoms with E-state index in [0.29, 0.717) is 48.3 Å². The van der Waals surface area contributed by atoms with Gasteiger partial charge in [-0.1, -0.05) is 6.07 Å². The van der Waals surface area contributed by atoms with E-state index in [1.54, 1.807) is 24.4 Å². The number of carbonyl (C=O) groups excluding carboxylic acids is 1. The van der Waals surface area contributed by atoms with E-state index in [4.69, 9.17) is 20.9 Å². The Bertz CT molecular complexity index is 866. The minimum atomic E-state index is -0.616. The Balaban J connectivity index is 1.78. The molecule has 6 N–H and O–H groups in total. The van der Waals surface area contributed by atoms with Gasteiger partial charge in [0.25, 0.3) is 0 Å². The van der Waals surface area contributed by atoms with Gasteiger partial charge >= 0.3 is 11.7 Å². The number of fused-ring (bicyclic) bond motifs is 2. The third kappa shape index (κ3) is 3.86. The minimum Gasteiger partial charge on any atom is -0.489 e. The standard InChI is InChI=1S/C16H20N6O4/c17-5-2-7-22-9-12-14(21-16(22)24)20-13-10(3-1-4-11(13)26-12)25-8-6-19-15(18)23/h1,3-4,9H,2,5-8,17H2,(H3,18,19,23)(H,20,21,24). The molecule has 0 radical (unpaired) electrons. The number of amides is 2. The Morgan fingerprint density at radius 3 is 3.00 bits per heavy atom. The van der Waals surface area contributed by atoms with Crippen LogP contribution >= 0.6 is 0 Å². The molecule has 1 aromatic heterocycles. The molecule has 10 nitrogen and oxygen atoms in total. The molecule has 0 saturated heterocycles. The summed E-state index contributed by atoms with van der Waals surface area (Å²) < 4.78 is 13.0. The lowest BCUT2D eigenvalue weighted by Crippen LogP contribution is -2.32. The van der Waals surface area contributed by atoms with Gasteiger partial charge in [-0.2, -0.15) is 4.98 Å². The molecule has 0 aliphatic carbocycles. The Morgan fingerprint density at radius 1 is 1.38 bits per heavy atom. The number of nitrogens with two attached hydrogens (primary N) is 2. The van der Waals surface area contributed by atoms with Gasteiger partial charge in [-0.15, -0.1) is 0 Å². The second-order valence-corrected chi connectivity index (χ2v) is 5.57. The van der Waals surface area contributed by atoms with Crippen LogP contribution in [0.15, 0.2) is 29.2 Å². The lowest BCUT2D eigenvalue weighted by Gasteiger charge is -2.23. The molecule has 1 aromatic carbocycles. The SMILES string of the molecule is NCCCn1cc2c(nc1=O)Nc1c(OCCNC(N)=O)cccc1O2. The number of benzene rings is 1. The van der Waals surface area contributed by atoms with Crippen molar-refractivity contribution in [3.8, 4) is 17.2 Å². The molecule has 0 saturated carbocycles. The normalized spacial score (nSPS) is 11.6. The molecule has 2 aromatic rings. The first kappa shape index (κ1) is 17.5. The van der Waals surface area contributed by atoms with Crippen molar-refractivity contribution in [2.75, 3.05) is 25.0 Å². The number of aromatic nitrogens is 2. The molecule has 3 rings (SSSR count). The fraction of sp³-hybridized carbons (Fsp3) is 0.312. The molecule has 0 bridgehead atoms. The predicted molar refractivity (Wildman–Crippen MR) is 95.0 cm³/mol. The summed E-state index contributed by atoms with van der Waals surface area (Å²) in [6.07, 6.45) is 2.28. The molecular formula is C16H20N6O4. The lowest BCUT2D eigenvalue weighted by atomic mass is 10.2. The summed E-state index contributed by atoms with van der Waals surface area (Å²) in [6.45, 7) is 1.45. The van der Waals surface area contributed by atoms with Crippen molar-refractivity contribution in [3.63, 3.8) is 0 Å². The highest BCUT2D eigenvalue weighted by Crippen LogP contribution is 2.44. The van der Waals surface area contributed by atoms with E-state index in [-0.39, 0.29) is 18.8 Å². The van der Waals surface area contributed by atoms with Crippen molar-refractivity contribution in [2.45, 2.75) is 13.0 Å². The number of primary amides is 1. The van der Waals surface area contributed by atoms with Gasteiger partial charge in [0.15, 0.2) is 17.3 Å². The Labute approximate surface area is 149 Å². The average molecular weight is 360 g/mol. The second kappa shape index (κ2) is 7.74. The highest BCUT2D eigenvalue weighted by Gasteiger charge is 2.22. The van der Waals surface area contributed by atoms with Gasteiger partial charge in [0.1, 0.15) is 18.0 Å². The molecule has 0 fully saturated rings. The van der Waals surface area contributed by atoms with Gasteiger partial charge < -0.3 is 31.6 Å². The highest BCUT2D eigenvalue weighted by molar-refractivity contribution is 5.77. The number of hydrogen-bond donors (Lipinski definition) is 4. The summed E-state index contributed by atoms with van der Waals surface area (Å²) in [5.74, 6) is 1.82. The van der Waals surface area contributed by atoms with Crippen molar-refractivity contribution in [1.82, 2.24) is 14.9 Å².